The van der Waals surface area contributed by atoms with E-state index in [4.69, 9.17) is 9.97 Å². The van der Waals surface area contributed by atoms with Crippen molar-refractivity contribution in [3.63, 3.8) is 0 Å². The Morgan fingerprint density at radius 1 is 1.17 bits per heavy atom. The van der Waals surface area contributed by atoms with Gasteiger partial charge in [-0.3, -0.25) is 0 Å². The number of hydrogen-bond acceptors (Lipinski definition) is 6. The van der Waals surface area contributed by atoms with Crippen molar-refractivity contribution in [2.75, 3.05) is 23.4 Å². The van der Waals surface area contributed by atoms with Crippen LogP contribution in [0.25, 0.3) is 0 Å². The lowest BCUT2D eigenvalue weighted by Gasteiger charge is -2.31. The molecule has 1 fully saturated rings. The summed E-state index contributed by atoms with van der Waals surface area (Å²) in [7, 11) is 0. The molecule has 0 unspecified atom stereocenters. The summed E-state index contributed by atoms with van der Waals surface area (Å²) < 4.78 is 0. The van der Waals surface area contributed by atoms with Crippen LogP contribution < -0.4 is 10.2 Å². The van der Waals surface area contributed by atoms with Crippen LogP contribution in [0, 0.1) is 5.92 Å². The van der Waals surface area contributed by atoms with Gasteiger partial charge in [0.25, 0.3) is 0 Å². The van der Waals surface area contributed by atoms with E-state index in [0.29, 0.717) is 17.8 Å². The molecule has 1 aromatic carbocycles. The highest BCUT2D eigenvalue weighted by atomic mass is 16.3. The second-order valence-corrected chi connectivity index (χ2v) is 9.64. The van der Waals surface area contributed by atoms with Gasteiger partial charge in [-0.2, -0.15) is 4.98 Å². The van der Waals surface area contributed by atoms with Crippen molar-refractivity contribution < 1.29 is 10.2 Å². The van der Waals surface area contributed by atoms with Gasteiger partial charge in [0.1, 0.15) is 5.82 Å². The third-order valence-corrected chi connectivity index (χ3v) is 6.29. The topological polar surface area (TPSA) is 81.5 Å². The lowest BCUT2D eigenvalue weighted by Crippen LogP contribution is -2.33. The number of aliphatic hydroxyl groups is 2. The highest BCUT2D eigenvalue weighted by Gasteiger charge is 2.28. The molecule has 6 heteroatoms. The molecule has 1 aliphatic heterocycles. The van der Waals surface area contributed by atoms with Crippen LogP contribution in [0.2, 0.25) is 0 Å². The minimum Gasteiger partial charge on any atom is -0.394 e. The number of benzene rings is 1. The maximum atomic E-state index is 10.3. The van der Waals surface area contributed by atoms with E-state index in [0.717, 1.165) is 36.6 Å². The van der Waals surface area contributed by atoms with Crippen molar-refractivity contribution in [2.24, 2.45) is 5.92 Å². The number of aromatic nitrogens is 2. The summed E-state index contributed by atoms with van der Waals surface area (Å²) in [5, 5.41) is 23.4. The zero-order valence-corrected chi connectivity index (χ0v) is 18.5. The van der Waals surface area contributed by atoms with Crippen LogP contribution in [-0.2, 0) is 18.6 Å². The molecule has 0 saturated heterocycles. The molecular formula is C24H34N4O2. The third kappa shape index (κ3) is 4.60. The van der Waals surface area contributed by atoms with Gasteiger partial charge in [-0.15, -0.1) is 0 Å². The minimum atomic E-state index is -0.821. The minimum absolute atomic E-state index is 0.0602. The fraction of sp³-hybridized carbons (Fsp3) is 0.583. The molecule has 1 saturated carbocycles. The summed E-state index contributed by atoms with van der Waals surface area (Å²) in [6.45, 7) is 9.58. The van der Waals surface area contributed by atoms with Crippen molar-refractivity contribution in [3.8, 4) is 0 Å². The Bertz CT molecular complexity index is 903. The quantitative estimate of drug-likeness (QED) is 0.647. The molecule has 2 aromatic rings. The fourth-order valence-corrected chi connectivity index (χ4v) is 3.99. The number of hydrogen-bond donors (Lipinski definition) is 3. The van der Waals surface area contributed by atoms with E-state index in [1.165, 1.54) is 24.0 Å². The van der Waals surface area contributed by atoms with Crippen LogP contribution in [0.3, 0.4) is 0 Å². The molecule has 2 heterocycles. The normalized spacial score (nSPS) is 17.8. The highest BCUT2D eigenvalue weighted by molar-refractivity contribution is 5.50. The van der Waals surface area contributed by atoms with Gasteiger partial charge in [-0.25, -0.2) is 4.98 Å². The molecule has 0 bridgehead atoms. The lowest BCUT2D eigenvalue weighted by atomic mass is 9.91. The van der Waals surface area contributed by atoms with Gasteiger partial charge in [0.05, 0.1) is 23.9 Å². The molecule has 162 valence electrons. The van der Waals surface area contributed by atoms with E-state index in [2.05, 4.69) is 42.3 Å². The molecule has 3 N–H and O–H groups in total. The Balaban J connectivity index is 1.59. The van der Waals surface area contributed by atoms with Gasteiger partial charge in [-0.05, 0) is 55.7 Å². The Labute approximate surface area is 179 Å². The van der Waals surface area contributed by atoms with Crippen LogP contribution in [0.15, 0.2) is 24.3 Å². The van der Waals surface area contributed by atoms with Crippen LogP contribution >= 0.6 is 0 Å². The van der Waals surface area contributed by atoms with Gasteiger partial charge in [0, 0.05) is 25.1 Å². The summed E-state index contributed by atoms with van der Waals surface area (Å²) in [5.41, 5.74) is 3.83. The maximum absolute atomic E-state index is 10.3. The van der Waals surface area contributed by atoms with Gasteiger partial charge in [0.15, 0.2) is 0 Å². The first-order chi connectivity index (χ1) is 14.2. The maximum Gasteiger partial charge on any atom is 0.225 e. The second-order valence-electron chi connectivity index (χ2n) is 9.64. The number of fused-ring (bicyclic) bond motifs is 1. The Morgan fingerprint density at radius 2 is 1.93 bits per heavy atom. The molecule has 0 spiro atoms. The molecule has 2 aliphatic rings. The van der Waals surface area contributed by atoms with Gasteiger partial charge in [-0.1, -0.05) is 32.0 Å². The van der Waals surface area contributed by atoms with Crippen LogP contribution in [0.5, 0.6) is 0 Å². The third-order valence-electron chi connectivity index (χ3n) is 6.29. The summed E-state index contributed by atoms with van der Waals surface area (Å²) in [5.74, 6) is 2.39. The average molecular weight is 411 g/mol. The van der Waals surface area contributed by atoms with E-state index in [9.17, 15) is 10.2 Å². The molecule has 4 rings (SSSR count). The second kappa shape index (κ2) is 8.16. The molecule has 0 amide bonds. The fourth-order valence-electron chi connectivity index (χ4n) is 3.99. The number of aliphatic hydroxyl groups excluding tert-OH is 1. The molecule has 30 heavy (non-hydrogen) atoms. The van der Waals surface area contributed by atoms with Crippen LogP contribution in [-0.4, -0.2) is 39.4 Å². The van der Waals surface area contributed by atoms with Gasteiger partial charge in [0.2, 0.25) is 5.95 Å². The zero-order chi connectivity index (χ0) is 21.5. The smallest absolute Gasteiger partial charge is 0.225 e. The summed E-state index contributed by atoms with van der Waals surface area (Å²) in [6.07, 6.45) is 3.30. The largest absolute Gasteiger partial charge is 0.394 e. The first kappa shape index (κ1) is 21.1. The van der Waals surface area contributed by atoms with E-state index < -0.39 is 5.60 Å². The molecule has 1 atom stereocenters. The van der Waals surface area contributed by atoms with Crippen molar-refractivity contribution >= 4 is 11.8 Å². The number of nitrogens with zero attached hydrogens (tertiary/aromatic N) is 3. The number of rotatable bonds is 7. The molecule has 0 radical (unpaired) electrons. The molecule has 1 aliphatic carbocycles. The van der Waals surface area contributed by atoms with Gasteiger partial charge >= 0.3 is 0 Å². The molecule has 1 aromatic heterocycles. The Kier molecular flexibility index (Phi) is 5.73. The van der Waals surface area contributed by atoms with E-state index in [1.54, 1.807) is 0 Å². The van der Waals surface area contributed by atoms with E-state index in [1.807, 2.05) is 19.9 Å². The standard InChI is InChI=1S/C24H34N4O2/c1-15(2)21(14-29)26-23-25-20(16-5-6-16)12-22(27-23)28-10-9-17-11-19(24(3,4)30)8-7-18(17)13-28/h7-8,11-12,15-16,21,29-30H,5-6,9-10,13-14H2,1-4H3,(H,25,26,27)/t21-/m0/s1. The summed E-state index contributed by atoms with van der Waals surface area (Å²) in [4.78, 5) is 11.9. The van der Waals surface area contributed by atoms with Crippen molar-refractivity contribution in [2.45, 2.75) is 71.1 Å². The van der Waals surface area contributed by atoms with Crippen LogP contribution in [0.1, 0.15) is 68.8 Å². The number of nitrogens with one attached hydrogen (secondary N) is 1. The van der Waals surface area contributed by atoms with E-state index in [-0.39, 0.29) is 12.6 Å². The highest BCUT2D eigenvalue weighted by Crippen LogP contribution is 2.40. The Hall–Kier alpha value is -2.18. The van der Waals surface area contributed by atoms with Crippen molar-refractivity contribution in [1.29, 1.82) is 0 Å². The van der Waals surface area contributed by atoms with Crippen LogP contribution in [0.4, 0.5) is 11.8 Å². The van der Waals surface area contributed by atoms with Crippen molar-refractivity contribution in [1.82, 2.24) is 9.97 Å². The monoisotopic (exact) mass is 410 g/mol. The molecule has 6 nitrogen and oxygen atoms in total. The predicted octanol–water partition coefficient (Wildman–Crippen LogP) is 3.57. The number of anilines is 2. The zero-order valence-electron chi connectivity index (χ0n) is 18.5. The molecular weight excluding hydrogens is 376 g/mol. The summed E-state index contributed by atoms with van der Waals surface area (Å²) in [6, 6.07) is 8.39. The Morgan fingerprint density at radius 3 is 2.57 bits per heavy atom. The first-order valence-electron chi connectivity index (χ1n) is 11.1. The van der Waals surface area contributed by atoms with E-state index >= 15 is 0 Å². The SMILES string of the molecule is CC(C)[C@H](CO)Nc1nc(C2CC2)cc(N2CCc3cc(C(C)(C)O)ccc3C2)n1. The predicted molar refractivity (Wildman–Crippen MR) is 120 cm³/mol. The average Bonchev–Trinajstić information content (AvgIpc) is 3.55. The van der Waals surface area contributed by atoms with Gasteiger partial charge < -0.3 is 20.4 Å². The first-order valence-corrected chi connectivity index (χ1v) is 11.1. The summed E-state index contributed by atoms with van der Waals surface area (Å²) >= 11 is 0. The van der Waals surface area contributed by atoms with Crippen molar-refractivity contribution in [3.05, 3.63) is 46.6 Å². The lowest BCUT2D eigenvalue weighted by molar-refractivity contribution is 0.0785.